The molecule has 2 heteroatoms. The zero-order valence-corrected chi connectivity index (χ0v) is 16.7. The highest BCUT2D eigenvalue weighted by Crippen LogP contribution is 2.61. The average Bonchev–Trinajstić information content (AvgIpc) is 2.94. The largest absolute Gasteiger partial charge is 0.492 e. The highest BCUT2D eigenvalue weighted by Gasteiger charge is 2.40. The van der Waals surface area contributed by atoms with Gasteiger partial charge in [-0.2, -0.15) is 0 Å². The van der Waals surface area contributed by atoms with Crippen molar-refractivity contribution in [2.24, 2.45) is 0 Å². The standard InChI is InChI=1S/C22H29OP/c1-21(2,3)24(22(4,5)6)20-18(16-10-8-7-9-11-16)13-12-17-14-15-23-19(17)20/h7-13H,14-15H2,1-6H3. The van der Waals surface area contributed by atoms with E-state index in [1.54, 1.807) is 0 Å². The number of hydrogen-bond acceptors (Lipinski definition) is 1. The maximum atomic E-state index is 6.18. The van der Waals surface area contributed by atoms with Crippen LogP contribution in [0.5, 0.6) is 5.75 Å². The Kier molecular flexibility index (Phi) is 4.51. The van der Waals surface area contributed by atoms with Gasteiger partial charge in [-0.15, -0.1) is 0 Å². The lowest BCUT2D eigenvalue weighted by atomic mass is 10.0. The molecule has 0 N–H and O–H groups in total. The van der Waals surface area contributed by atoms with Crippen LogP contribution in [0.1, 0.15) is 47.1 Å². The maximum absolute atomic E-state index is 6.18. The minimum atomic E-state index is -0.410. The van der Waals surface area contributed by atoms with Crippen molar-refractivity contribution in [2.75, 3.05) is 6.61 Å². The highest BCUT2D eigenvalue weighted by atomic mass is 31.1. The molecule has 1 aliphatic heterocycles. The molecule has 0 atom stereocenters. The summed E-state index contributed by atoms with van der Waals surface area (Å²) in [6.45, 7) is 15.1. The van der Waals surface area contributed by atoms with Crippen LogP contribution in [0.2, 0.25) is 0 Å². The first-order valence-corrected chi connectivity index (χ1v) is 10.2. The molecule has 2 aromatic carbocycles. The number of hydrogen-bond donors (Lipinski definition) is 0. The van der Waals surface area contributed by atoms with Gasteiger partial charge < -0.3 is 4.74 Å². The zero-order chi connectivity index (χ0) is 17.5. The van der Waals surface area contributed by atoms with Gasteiger partial charge in [0.2, 0.25) is 0 Å². The third kappa shape index (κ3) is 3.24. The van der Waals surface area contributed by atoms with E-state index in [9.17, 15) is 0 Å². The third-order valence-electron chi connectivity index (χ3n) is 4.48. The molecule has 0 saturated heterocycles. The van der Waals surface area contributed by atoms with E-state index in [4.69, 9.17) is 4.74 Å². The molecule has 0 aliphatic carbocycles. The molecule has 1 nitrogen and oxygen atoms in total. The van der Waals surface area contributed by atoms with E-state index in [0.29, 0.717) is 0 Å². The van der Waals surface area contributed by atoms with Gasteiger partial charge in [0, 0.05) is 11.7 Å². The normalized spacial score (nSPS) is 14.6. The van der Waals surface area contributed by atoms with Crippen LogP contribution in [-0.4, -0.2) is 16.9 Å². The van der Waals surface area contributed by atoms with Gasteiger partial charge in [-0.25, -0.2) is 0 Å². The summed E-state index contributed by atoms with van der Waals surface area (Å²) in [5, 5.41) is 1.90. The summed E-state index contributed by atoms with van der Waals surface area (Å²) in [5.41, 5.74) is 4.03. The molecule has 0 radical (unpaired) electrons. The molecule has 24 heavy (non-hydrogen) atoms. The molecule has 0 fully saturated rings. The summed E-state index contributed by atoms with van der Waals surface area (Å²) in [6.07, 6.45) is 1.04. The summed E-state index contributed by atoms with van der Waals surface area (Å²) < 4.78 is 6.18. The van der Waals surface area contributed by atoms with Gasteiger partial charge in [-0.05, 0) is 27.0 Å². The maximum Gasteiger partial charge on any atom is 0.130 e. The van der Waals surface area contributed by atoms with Gasteiger partial charge in [-0.3, -0.25) is 0 Å². The van der Waals surface area contributed by atoms with E-state index >= 15 is 0 Å². The summed E-state index contributed by atoms with van der Waals surface area (Å²) in [5.74, 6) is 1.17. The minimum absolute atomic E-state index is 0.220. The Balaban J connectivity index is 2.30. The fraction of sp³-hybridized carbons (Fsp3) is 0.455. The predicted molar refractivity (Wildman–Crippen MR) is 107 cm³/mol. The van der Waals surface area contributed by atoms with Crippen molar-refractivity contribution in [1.29, 1.82) is 0 Å². The first-order chi connectivity index (χ1) is 11.2. The van der Waals surface area contributed by atoms with Gasteiger partial charge in [0.15, 0.2) is 0 Å². The Hall–Kier alpha value is -1.33. The van der Waals surface area contributed by atoms with Crippen molar-refractivity contribution < 1.29 is 4.74 Å². The molecule has 0 saturated carbocycles. The monoisotopic (exact) mass is 340 g/mol. The van der Waals surface area contributed by atoms with E-state index in [0.717, 1.165) is 13.0 Å². The van der Waals surface area contributed by atoms with Crippen LogP contribution >= 0.6 is 7.92 Å². The summed E-state index contributed by atoms with van der Waals surface area (Å²) in [6, 6.07) is 15.4. The van der Waals surface area contributed by atoms with E-state index < -0.39 is 7.92 Å². The van der Waals surface area contributed by atoms with Crippen LogP contribution in [0.15, 0.2) is 42.5 Å². The quantitative estimate of drug-likeness (QED) is 0.610. The van der Waals surface area contributed by atoms with Crippen LogP contribution in [0.25, 0.3) is 11.1 Å². The molecule has 2 aromatic rings. The van der Waals surface area contributed by atoms with Gasteiger partial charge in [0.05, 0.1) is 6.61 Å². The average molecular weight is 340 g/mol. The molecule has 0 bridgehead atoms. The molecule has 3 rings (SSSR count). The molecule has 128 valence electrons. The molecular weight excluding hydrogens is 311 g/mol. The second-order valence-electron chi connectivity index (χ2n) is 8.59. The van der Waals surface area contributed by atoms with Gasteiger partial charge in [0.1, 0.15) is 5.75 Å². The third-order valence-corrected chi connectivity index (χ3v) is 8.06. The van der Waals surface area contributed by atoms with Crippen LogP contribution in [0.4, 0.5) is 0 Å². The predicted octanol–water partition coefficient (Wildman–Crippen LogP) is 5.99. The molecule has 1 heterocycles. The summed E-state index contributed by atoms with van der Waals surface area (Å²) in [4.78, 5) is 0. The fourth-order valence-corrected chi connectivity index (χ4v) is 8.19. The van der Waals surface area contributed by atoms with Crippen LogP contribution in [-0.2, 0) is 6.42 Å². The van der Waals surface area contributed by atoms with Crippen molar-refractivity contribution in [3.05, 3.63) is 48.0 Å². The summed E-state index contributed by atoms with van der Waals surface area (Å²) in [7, 11) is -0.410. The van der Waals surface area contributed by atoms with Crippen molar-refractivity contribution in [2.45, 2.75) is 58.3 Å². The van der Waals surface area contributed by atoms with Crippen molar-refractivity contribution in [1.82, 2.24) is 0 Å². The van der Waals surface area contributed by atoms with E-state index in [1.165, 1.54) is 27.7 Å². The second-order valence-corrected chi connectivity index (χ2v) is 12.4. The SMILES string of the molecule is CC(C)(C)P(c1c(-c2ccccc2)ccc2c1OCC2)C(C)(C)C. The van der Waals surface area contributed by atoms with Crippen LogP contribution in [0, 0.1) is 0 Å². The van der Waals surface area contributed by atoms with Crippen molar-refractivity contribution in [3.63, 3.8) is 0 Å². The van der Waals surface area contributed by atoms with E-state index in [2.05, 4.69) is 84.0 Å². The number of fused-ring (bicyclic) bond motifs is 1. The van der Waals surface area contributed by atoms with E-state index in [1.807, 2.05) is 0 Å². The topological polar surface area (TPSA) is 9.23 Å². The van der Waals surface area contributed by atoms with E-state index in [-0.39, 0.29) is 10.3 Å². The summed E-state index contributed by atoms with van der Waals surface area (Å²) >= 11 is 0. The van der Waals surface area contributed by atoms with Crippen molar-refractivity contribution in [3.8, 4) is 16.9 Å². The van der Waals surface area contributed by atoms with Gasteiger partial charge in [-0.1, -0.05) is 91.9 Å². The Labute approximate surface area is 148 Å². The molecular formula is C22H29OP. The lowest BCUT2D eigenvalue weighted by Gasteiger charge is -2.43. The smallest absolute Gasteiger partial charge is 0.130 e. The Morgan fingerprint density at radius 1 is 0.833 bits per heavy atom. The van der Waals surface area contributed by atoms with Gasteiger partial charge >= 0.3 is 0 Å². The lowest BCUT2D eigenvalue weighted by molar-refractivity contribution is 0.359. The van der Waals surface area contributed by atoms with Crippen molar-refractivity contribution >= 4 is 13.2 Å². The first kappa shape index (κ1) is 17.5. The fourth-order valence-electron chi connectivity index (χ4n) is 3.98. The molecule has 1 aliphatic rings. The Morgan fingerprint density at radius 2 is 1.46 bits per heavy atom. The molecule has 0 spiro atoms. The lowest BCUT2D eigenvalue weighted by Crippen LogP contribution is -2.32. The van der Waals surface area contributed by atoms with Gasteiger partial charge in [0.25, 0.3) is 0 Å². The zero-order valence-electron chi connectivity index (χ0n) is 15.8. The highest BCUT2D eigenvalue weighted by molar-refractivity contribution is 7.69. The number of ether oxygens (including phenoxy) is 1. The molecule has 0 unspecified atom stereocenters. The Morgan fingerprint density at radius 3 is 2.04 bits per heavy atom. The molecule has 0 amide bonds. The number of benzene rings is 2. The van der Waals surface area contributed by atoms with Crippen LogP contribution < -0.4 is 10.0 Å². The van der Waals surface area contributed by atoms with Crippen LogP contribution in [0.3, 0.4) is 0 Å². The minimum Gasteiger partial charge on any atom is -0.492 e. The first-order valence-electron chi connectivity index (χ1n) is 8.84. The number of rotatable bonds is 2. The second kappa shape index (κ2) is 6.19. The molecule has 0 aromatic heterocycles. The Bertz CT molecular complexity index is 706.